The Morgan fingerprint density at radius 3 is 2.55 bits per heavy atom. The first-order chi connectivity index (χ1) is 9.84. The number of thiazole rings is 1. The molecule has 0 fully saturated rings. The van der Waals surface area contributed by atoms with Gasteiger partial charge in [-0.15, -0.1) is 11.3 Å². The Hall–Kier alpha value is -2.53. The summed E-state index contributed by atoms with van der Waals surface area (Å²) in [6, 6.07) is 13.3. The highest BCUT2D eigenvalue weighted by Crippen LogP contribution is 2.27. The van der Waals surface area contributed by atoms with Crippen LogP contribution in [0.2, 0.25) is 0 Å². The van der Waals surface area contributed by atoms with Crippen molar-refractivity contribution in [3.05, 3.63) is 66.1 Å². The van der Waals surface area contributed by atoms with Crippen LogP contribution in [0.1, 0.15) is 10.5 Å². The summed E-state index contributed by atoms with van der Waals surface area (Å²) < 4.78 is 0. The van der Waals surface area contributed by atoms with E-state index in [9.17, 15) is 4.79 Å². The van der Waals surface area contributed by atoms with Gasteiger partial charge in [0.25, 0.3) is 5.91 Å². The van der Waals surface area contributed by atoms with Crippen LogP contribution in [0.5, 0.6) is 0 Å². The molecule has 98 valence electrons. The van der Waals surface area contributed by atoms with E-state index in [-0.39, 0.29) is 5.91 Å². The molecule has 2 aromatic heterocycles. The van der Waals surface area contributed by atoms with E-state index in [0.29, 0.717) is 11.4 Å². The van der Waals surface area contributed by atoms with E-state index in [2.05, 4.69) is 15.3 Å². The number of pyridine rings is 1. The lowest BCUT2D eigenvalue weighted by molar-refractivity contribution is 0.102. The Kier molecular flexibility index (Phi) is 3.52. The van der Waals surface area contributed by atoms with E-state index in [4.69, 9.17) is 0 Å². The lowest BCUT2D eigenvalue weighted by Crippen LogP contribution is -2.13. The first-order valence-corrected chi connectivity index (χ1v) is 6.93. The number of benzene rings is 1. The van der Waals surface area contributed by atoms with E-state index >= 15 is 0 Å². The zero-order valence-electron chi connectivity index (χ0n) is 10.5. The Morgan fingerprint density at radius 2 is 1.80 bits per heavy atom. The molecule has 0 aliphatic carbocycles. The smallest absolute Gasteiger partial charge is 0.275 e. The van der Waals surface area contributed by atoms with Gasteiger partial charge in [-0.3, -0.25) is 9.78 Å². The van der Waals surface area contributed by atoms with E-state index in [1.54, 1.807) is 30.0 Å². The largest absolute Gasteiger partial charge is 0.320 e. The normalized spacial score (nSPS) is 10.2. The van der Waals surface area contributed by atoms with Gasteiger partial charge < -0.3 is 5.32 Å². The SMILES string of the molecule is O=C(Nc1ccncc1)c1ncsc1-c1ccccc1. The Labute approximate surface area is 120 Å². The minimum Gasteiger partial charge on any atom is -0.320 e. The first kappa shape index (κ1) is 12.5. The molecule has 0 bridgehead atoms. The minimum absolute atomic E-state index is 0.212. The first-order valence-electron chi connectivity index (χ1n) is 6.05. The number of hydrogen-bond acceptors (Lipinski definition) is 4. The monoisotopic (exact) mass is 281 g/mol. The molecule has 5 heteroatoms. The van der Waals surface area contributed by atoms with Crippen LogP contribution >= 0.6 is 11.3 Å². The summed E-state index contributed by atoms with van der Waals surface area (Å²) in [4.78, 5) is 21.2. The summed E-state index contributed by atoms with van der Waals surface area (Å²) >= 11 is 1.46. The third-order valence-electron chi connectivity index (χ3n) is 2.76. The molecular formula is C15H11N3OS. The highest BCUT2D eigenvalue weighted by molar-refractivity contribution is 7.13. The minimum atomic E-state index is -0.212. The number of carbonyl (C=O) groups is 1. The van der Waals surface area contributed by atoms with Crippen molar-refractivity contribution < 1.29 is 4.79 Å². The molecule has 20 heavy (non-hydrogen) atoms. The fourth-order valence-electron chi connectivity index (χ4n) is 1.83. The summed E-state index contributed by atoms with van der Waals surface area (Å²) in [6.45, 7) is 0. The van der Waals surface area contributed by atoms with Crippen LogP contribution in [0.3, 0.4) is 0 Å². The number of carbonyl (C=O) groups excluding carboxylic acids is 1. The van der Waals surface area contributed by atoms with Crippen LogP contribution < -0.4 is 5.32 Å². The molecule has 0 unspecified atom stereocenters. The van der Waals surface area contributed by atoms with Gasteiger partial charge in [-0.25, -0.2) is 4.98 Å². The van der Waals surface area contributed by atoms with Crippen LogP contribution in [0.25, 0.3) is 10.4 Å². The second-order valence-corrected chi connectivity index (χ2v) is 4.94. The van der Waals surface area contributed by atoms with Crippen LogP contribution in [0.4, 0.5) is 5.69 Å². The maximum absolute atomic E-state index is 12.3. The lowest BCUT2D eigenvalue weighted by Gasteiger charge is -2.04. The molecule has 4 nitrogen and oxygen atoms in total. The quantitative estimate of drug-likeness (QED) is 0.800. The predicted octanol–water partition coefficient (Wildman–Crippen LogP) is 3.46. The third kappa shape index (κ3) is 2.57. The number of nitrogens with zero attached hydrogens (tertiary/aromatic N) is 2. The molecule has 3 rings (SSSR count). The van der Waals surface area contributed by atoms with Gasteiger partial charge in [0, 0.05) is 18.1 Å². The molecule has 0 atom stereocenters. The van der Waals surface area contributed by atoms with E-state index < -0.39 is 0 Å². The predicted molar refractivity (Wildman–Crippen MR) is 79.7 cm³/mol. The molecule has 3 aromatic rings. The molecule has 0 radical (unpaired) electrons. The molecule has 0 aliphatic heterocycles. The van der Waals surface area contributed by atoms with Crippen molar-refractivity contribution >= 4 is 22.9 Å². The van der Waals surface area contributed by atoms with Crippen LogP contribution in [0.15, 0.2) is 60.4 Å². The van der Waals surface area contributed by atoms with Gasteiger partial charge >= 0.3 is 0 Å². The van der Waals surface area contributed by atoms with E-state index in [1.807, 2.05) is 30.3 Å². The zero-order valence-corrected chi connectivity index (χ0v) is 11.3. The highest BCUT2D eigenvalue weighted by atomic mass is 32.1. The van der Waals surface area contributed by atoms with Crippen molar-refractivity contribution in [2.75, 3.05) is 5.32 Å². The van der Waals surface area contributed by atoms with Crippen LogP contribution in [-0.2, 0) is 0 Å². The Morgan fingerprint density at radius 1 is 1.05 bits per heavy atom. The number of amides is 1. The zero-order chi connectivity index (χ0) is 13.8. The fraction of sp³-hybridized carbons (Fsp3) is 0. The van der Waals surface area contributed by atoms with Crippen molar-refractivity contribution in [3.8, 4) is 10.4 Å². The molecule has 1 amide bonds. The van der Waals surface area contributed by atoms with E-state index in [0.717, 1.165) is 10.4 Å². The molecule has 1 aromatic carbocycles. The lowest BCUT2D eigenvalue weighted by atomic mass is 10.1. The molecule has 0 saturated heterocycles. The average Bonchev–Trinajstić information content (AvgIpc) is 2.99. The molecule has 1 N–H and O–H groups in total. The number of anilines is 1. The van der Waals surface area contributed by atoms with Crippen molar-refractivity contribution in [2.45, 2.75) is 0 Å². The third-order valence-corrected chi connectivity index (χ3v) is 3.63. The van der Waals surface area contributed by atoms with E-state index in [1.165, 1.54) is 11.3 Å². The molecule has 0 spiro atoms. The van der Waals surface area contributed by atoms with Gasteiger partial charge in [0.05, 0.1) is 10.4 Å². The van der Waals surface area contributed by atoms with Crippen LogP contribution in [0, 0.1) is 0 Å². The van der Waals surface area contributed by atoms with Crippen molar-refractivity contribution in [1.29, 1.82) is 0 Å². The van der Waals surface area contributed by atoms with Crippen molar-refractivity contribution in [2.24, 2.45) is 0 Å². The number of rotatable bonds is 3. The fourth-order valence-corrected chi connectivity index (χ4v) is 2.62. The Bertz CT molecular complexity index is 710. The number of hydrogen-bond donors (Lipinski definition) is 1. The molecular weight excluding hydrogens is 270 g/mol. The van der Waals surface area contributed by atoms with Crippen molar-refractivity contribution in [1.82, 2.24) is 9.97 Å². The van der Waals surface area contributed by atoms with Gasteiger partial charge in [0.1, 0.15) is 5.69 Å². The summed E-state index contributed by atoms with van der Waals surface area (Å²) in [7, 11) is 0. The van der Waals surface area contributed by atoms with Gasteiger partial charge in [0.2, 0.25) is 0 Å². The van der Waals surface area contributed by atoms with Gasteiger partial charge in [-0.05, 0) is 17.7 Å². The summed E-state index contributed by atoms with van der Waals surface area (Å²) in [5.41, 5.74) is 3.83. The average molecular weight is 281 g/mol. The summed E-state index contributed by atoms with van der Waals surface area (Å²) in [6.07, 6.45) is 3.27. The molecule has 0 aliphatic rings. The highest BCUT2D eigenvalue weighted by Gasteiger charge is 2.16. The maximum atomic E-state index is 12.3. The second-order valence-electron chi connectivity index (χ2n) is 4.09. The second kappa shape index (κ2) is 5.63. The van der Waals surface area contributed by atoms with Gasteiger partial charge in [0.15, 0.2) is 0 Å². The Balaban J connectivity index is 1.88. The summed E-state index contributed by atoms with van der Waals surface area (Å²) in [5, 5.41) is 2.82. The topological polar surface area (TPSA) is 54.9 Å². The summed E-state index contributed by atoms with van der Waals surface area (Å²) in [5.74, 6) is -0.212. The molecule has 2 heterocycles. The van der Waals surface area contributed by atoms with Crippen molar-refractivity contribution in [3.63, 3.8) is 0 Å². The molecule has 0 saturated carbocycles. The standard InChI is InChI=1S/C15H11N3OS/c19-15(18-12-6-8-16-9-7-12)13-14(20-10-17-13)11-4-2-1-3-5-11/h1-10H,(H,16,18,19). The van der Waals surface area contributed by atoms with Gasteiger partial charge in [-0.1, -0.05) is 30.3 Å². The maximum Gasteiger partial charge on any atom is 0.275 e. The van der Waals surface area contributed by atoms with Gasteiger partial charge in [-0.2, -0.15) is 0 Å². The number of aromatic nitrogens is 2. The van der Waals surface area contributed by atoms with Crippen LogP contribution in [-0.4, -0.2) is 15.9 Å². The number of nitrogens with one attached hydrogen (secondary N) is 1.